The molecule has 0 amide bonds. The predicted octanol–water partition coefficient (Wildman–Crippen LogP) is 4.25. The van der Waals surface area contributed by atoms with E-state index in [0.29, 0.717) is 5.69 Å². The zero-order chi connectivity index (χ0) is 17.3. The molecule has 1 N–H and O–H groups in total. The molecule has 1 aliphatic heterocycles. The number of fused-ring (bicyclic) bond motifs is 1. The van der Waals surface area contributed by atoms with Crippen LogP contribution in [0.25, 0.3) is 5.70 Å². The maximum absolute atomic E-state index is 11.4. The molecule has 0 radical (unpaired) electrons. The van der Waals surface area contributed by atoms with Gasteiger partial charge in [-0.3, -0.25) is 20.2 Å². The van der Waals surface area contributed by atoms with Gasteiger partial charge in [0, 0.05) is 0 Å². The van der Waals surface area contributed by atoms with E-state index < -0.39 is 30.8 Å². The van der Waals surface area contributed by atoms with Crippen molar-refractivity contribution >= 4 is 51.9 Å². The fourth-order valence-electron chi connectivity index (χ4n) is 2.07. The molecule has 8 nitrogen and oxygen atoms in total. The van der Waals surface area contributed by atoms with Gasteiger partial charge in [0.05, 0.1) is 22.1 Å². The molecule has 122 valence electrons. The number of rotatable bonds is 5. The van der Waals surface area contributed by atoms with E-state index in [0.717, 1.165) is 0 Å². The normalized spacial score (nSPS) is 14.1. The molecule has 0 unspecified atom stereocenters. The second-order valence-electron chi connectivity index (χ2n) is 4.21. The van der Waals surface area contributed by atoms with Crippen LogP contribution < -0.4 is 10.1 Å². The Morgan fingerprint density at radius 3 is 2.39 bits per heavy atom. The maximum atomic E-state index is 11.4. The zero-order valence-electron chi connectivity index (χ0n) is 11.4. The number of hydrogen-bond acceptors (Lipinski definition) is 6. The van der Waals surface area contributed by atoms with Crippen molar-refractivity contribution in [3.05, 3.63) is 53.1 Å². The number of halogens is 3. The summed E-state index contributed by atoms with van der Waals surface area (Å²) < 4.78 is 4.68. The highest BCUT2D eigenvalue weighted by atomic mass is 35.5. The minimum Gasteiger partial charge on any atom is -0.487 e. The van der Waals surface area contributed by atoms with Crippen LogP contribution in [0.3, 0.4) is 0 Å². The summed E-state index contributed by atoms with van der Waals surface area (Å²) in [6.07, 6.45) is 0. The number of hydrogen-bond donors (Lipinski definition) is 1. The molecule has 0 bridgehead atoms. The molecule has 11 heteroatoms. The van der Waals surface area contributed by atoms with Gasteiger partial charge in [-0.1, -0.05) is 34.8 Å². The molecule has 23 heavy (non-hydrogen) atoms. The number of nitrogens with zero attached hydrogens (tertiary/aromatic N) is 2. The van der Waals surface area contributed by atoms with Gasteiger partial charge in [-0.05, 0) is 19.1 Å². The summed E-state index contributed by atoms with van der Waals surface area (Å²) in [6.45, 7) is 1.86. The van der Waals surface area contributed by atoms with Crippen LogP contribution in [0.4, 0.5) is 11.4 Å². The Hall–Kier alpha value is -2.03. The number of benzene rings is 1. The van der Waals surface area contributed by atoms with Gasteiger partial charge in [0.15, 0.2) is 10.8 Å². The minimum atomic E-state index is -0.824. The standard InChI is InChI=1S/C12H8Cl3N3O5/c1-2-23-6-4-3-5-7(10(6)17(19)20)9(16-5)11(18(21)22)8(13)12(14)15/h3-4,16H,2H2,1H3/b11-9-. The van der Waals surface area contributed by atoms with Crippen LogP contribution >= 0.6 is 34.8 Å². The monoisotopic (exact) mass is 379 g/mol. The highest BCUT2D eigenvalue weighted by molar-refractivity contribution is 6.60. The molecule has 1 aromatic carbocycles. The molecule has 0 fully saturated rings. The third-order valence-electron chi connectivity index (χ3n) is 2.93. The summed E-state index contributed by atoms with van der Waals surface area (Å²) in [4.78, 5) is 21.1. The Labute approximate surface area is 144 Å². The lowest BCUT2D eigenvalue weighted by Crippen LogP contribution is -2.20. The van der Waals surface area contributed by atoms with Gasteiger partial charge in [-0.15, -0.1) is 0 Å². The molecule has 0 aliphatic carbocycles. The first kappa shape index (κ1) is 17.3. The molecular formula is C12H8Cl3N3O5. The third kappa shape index (κ3) is 3.05. The smallest absolute Gasteiger partial charge is 0.322 e. The number of allylic oxidation sites excluding steroid dienone is 1. The van der Waals surface area contributed by atoms with Gasteiger partial charge in [0.25, 0.3) is 0 Å². The van der Waals surface area contributed by atoms with Crippen molar-refractivity contribution < 1.29 is 14.6 Å². The van der Waals surface area contributed by atoms with Crippen LogP contribution in [0, 0.1) is 20.2 Å². The van der Waals surface area contributed by atoms with Crippen molar-refractivity contribution in [2.45, 2.75) is 6.92 Å². The first-order valence-electron chi connectivity index (χ1n) is 6.11. The van der Waals surface area contributed by atoms with Crippen LogP contribution in [-0.4, -0.2) is 16.5 Å². The minimum absolute atomic E-state index is 0.00461. The van der Waals surface area contributed by atoms with Crippen molar-refractivity contribution in [1.29, 1.82) is 0 Å². The number of nitro benzene ring substituents is 1. The molecular weight excluding hydrogens is 373 g/mol. The lowest BCUT2D eigenvalue weighted by molar-refractivity contribution is -0.419. The molecule has 0 spiro atoms. The van der Waals surface area contributed by atoms with Crippen LogP contribution in [0.1, 0.15) is 12.5 Å². The van der Waals surface area contributed by atoms with E-state index in [1.807, 2.05) is 0 Å². The second kappa shape index (κ2) is 6.61. The zero-order valence-corrected chi connectivity index (χ0v) is 13.7. The lowest BCUT2D eigenvalue weighted by atomic mass is 9.97. The van der Waals surface area contributed by atoms with Crippen LogP contribution in [0.2, 0.25) is 0 Å². The number of anilines is 1. The summed E-state index contributed by atoms with van der Waals surface area (Å²) >= 11 is 16.7. The molecule has 0 saturated carbocycles. The van der Waals surface area contributed by atoms with Crippen molar-refractivity contribution in [3.63, 3.8) is 0 Å². The molecule has 0 aromatic heterocycles. The molecule has 0 saturated heterocycles. The van der Waals surface area contributed by atoms with Crippen molar-refractivity contribution in [1.82, 2.24) is 0 Å². The number of nitrogens with one attached hydrogen (secondary N) is 1. The molecule has 1 heterocycles. The fourth-order valence-corrected chi connectivity index (χ4v) is 2.41. The van der Waals surface area contributed by atoms with Gasteiger partial charge in [-0.25, -0.2) is 0 Å². The van der Waals surface area contributed by atoms with Crippen molar-refractivity contribution in [2.75, 3.05) is 11.9 Å². The Bertz CT molecular complexity index is 771. The number of ether oxygens (including phenoxy) is 1. The largest absolute Gasteiger partial charge is 0.487 e. The van der Waals surface area contributed by atoms with Gasteiger partial charge < -0.3 is 10.1 Å². The van der Waals surface area contributed by atoms with Gasteiger partial charge in [0.2, 0.25) is 0 Å². The van der Waals surface area contributed by atoms with Gasteiger partial charge in [-0.2, -0.15) is 0 Å². The predicted molar refractivity (Wildman–Crippen MR) is 86.4 cm³/mol. The topological polar surface area (TPSA) is 108 Å². The van der Waals surface area contributed by atoms with Gasteiger partial charge >= 0.3 is 11.4 Å². The average molecular weight is 381 g/mol. The van der Waals surface area contributed by atoms with E-state index in [9.17, 15) is 20.2 Å². The summed E-state index contributed by atoms with van der Waals surface area (Å²) in [5.74, 6) is -0.00461. The first-order chi connectivity index (χ1) is 10.8. The Kier molecular flexibility index (Phi) is 4.98. The summed E-state index contributed by atoms with van der Waals surface area (Å²) in [5, 5.41) is 24.7. The van der Waals surface area contributed by atoms with E-state index in [1.54, 1.807) is 6.92 Å². The van der Waals surface area contributed by atoms with Crippen molar-refractivity contribution in [2.24, 2.45) is 0 Å². The van der Waals surface area contributed by atoms with E-state index in [2.05, 4.69) is 5.32 Å². The molecule has 1 aromatic rings. The van der Waals surface area contributed by atoms with Crippen LogP contribution in [-0.2, 0) is 0 Å². The summed E-state index contributed by atoms with van der Waals surface area (Å²) in [5.41, 5.74) is -0.851. The summed E-state index contributed by atoms with van der Waals surface area (Å²) in [7, 11) is 0. The SMILES string of the molecule is CCOc1ccc2c(c1[N+](=O)[O-])/C(=C(\C(Cl)=C(Cl)Cl)[N+](=O)[O-])N2. The fraction of sp³-hybridized carbons (Fsp3) is 0.167. The quantitative estimate of drug-likeness (QED) is 0.604. The van der Waals surface area contributed by atoms with Crippen LogP contribution in [0.15, 0.2) is 27.4 Å². The first-order valence-corrected chi connectivity index (χ1v) is 7.24. The Balaban J connectivity index is 2.76. The number of nitro groups is 2. The maximum Gasteiger partial charge on any atom is 0.322 e. The van der Waals surface area contributed by atoms with E-state index in [-0.39, 0.29) is 23.6 Å². The summed E-state index contributed by atoms with van der Waals surface area (Å²) in [6, 6.07) is 2.91. The Morgan fingerprint density at radius 1 is 1.26 bits per heavy atom. The highest BCUT2D eigenvalue weighted by Gasteiger charge is 2.40. The van der Waals surface area contributed by atoms with Gasteiger partial charge in [0.1, 0.15) is 15.8 Å². The van der Waals surface area contributed by atoms with E-state index >= 15 is 0 Å². The lowest BCUT2D eigenvalue weighted by Gasteiger charge is -2.25. The van der Waals surface area contributed by atoms with Crippen LogP contribution in [0.5, 0.6) is 5.75 Å². The molecule has 1 aliphatic rings. The van der Waals surface area contributed by atoms with E-state index in [1.165, 1.54) is 12.1 Å². The average Bonchev–Trinajstić information content (AvgIpc) is 2.44. The third-order valence-corrected chi connectivity index (χ3v) is 3.87. The second-order valence-corrected chi connectivity index (χ2v) is 5.53. The van der Waals surface area contributed by atoms with Crippen molar-refractivity contribution in [3.8, 4) is 5.75 Å². The Morgan fingerprint density at radius 2 is 1.91 bits per heavy atom. The molecule has 0 atom stereocenters. The van der Waals surface area contributed by atoms with E-state index in [4.69, 9.17) is 39.5 Å². The molecule has 2 rings (SSSR count). The highest BCUT2D eigenvalue weighted by Crippen LogP contribution is 2.49.